The van der Waals surface area contributed by atoms with Crippen LogP contribution in [0.3, 0.4) is 0 Å². The molecule has 33 heavy (non-hydrogen) atoms. The van der Waals surface area contributed by atoms with Crippen molar-refractivity contribution in [1.29, 1.82) is 0 Å². The zero-order valence-electron chi connectivity index (χ0n) is 19.7. The number of ether oxygens (including phenoxy) is 2. The molecule has 2 fully saturated rings. The van der Waals surface area contributed by atoms with E-state index in [1.54, 1.807) is 6.08 Å². The normalized spacial score (nSPS) is 29.4. The van der Waals surface area contributed by atoms with Crippen molar-refractivity contribution in [1.82, 2.24) is 0 Å². The van der Waals surface area contributed by atoms with Gasteiger partial charge in [-0.05, 0) is 56.1 Å². The molecule has 0 aromatic heterocycles. The number of aliphatic carboxylic acids is 1. The molecular weight excluding hydrogens is 420 g/mol. The van der Waals surface area contributed by atoms with Gasteiger partial charge in [0, 0.05) is 18.9 Å². The lowest BCUT2D eigenvalue weighted by atomic mass is 9.85. The summed E-state index contributed by atoms with van der Waals surface area (Å²) < 4.78 is 11.8. The molecule has 0 radical (unpaired) electrons. The maximum Gasteiger partial charge on any atom is 0.306 e. The van der Waals surface area contributed by atoms with Crippen molar-refractivity contribution in [3.63, 3.8) is 0 Å². The van der Waals surface area contributed by atoms with Crippen LogP contribution in [0, 0.1) is 23.7 Å². The van der Waals surface area contributed by atoms with Crippen LogP contribution < -0.4 is 4.74 Å². The molecule has 0 bridgehead atoms. The quantitative estimate of drug-likeness (QED) is 0.399. The molecule has 3 N–H and O–H groups in total. The van der Waals surface area contributed by atoms with Crippen molar-refractivity contribution in [3.05, 3.63) is 42.5 Å². The van der Waals surface area contributed by atoms with Crippen molar-refractivity contribution in [3.8, 4) is 5.75 Å². The summed E-state index contributed by atoms with van der Waals surface area (Å²) in [7, 11) is 0. The molecule has 0 amide bonds. The van der Waals surface area contributed by atoms with E-state index in [0.717, 1.165) is 50.7 Å². The van der Waals surface area contributed by atoms with Gasteiger partial charge in [-0.25, -0.2) is 0 Å². The number of benzene rings is 1. The van der Waals surface area contributed by atoms with E-state index in [1.165, 1.54) is 0 Å². The molecule has 2 aliphatic rings. The largest absolute Gasteiger partial charge is 0.491 e. The Balaban J connectivity index is 1.45. The Bertz CT molecular complexity index is 735. The number of fused-ring (bicyclic) bond motifs is 1. The zero-order valence-corrected chi connectivity index (χ0v) is 19.7. The van der Waals surface area contributed by atoms with Gasteiger partial charge in [0.05, 0.1) is 18.1 Å². The zero-order chi connectivity index (χ0) is 23.6. The Morgan fingerprint density at radius 2 is 2.03 bits per heavy atom. The molecule has 3 rings (SSSR count). The van der Waals surface area contributed by atoms with Crippen LogP contribution in [0.15, 0.2) is 42.5 Å². The van der Waals surface area contributed by atoms with E-state index in [2.05, 4.69) is 0 Å². The first-order valence-electron chi connectivity index (χ1n) is 12.5. The third kappa shape index (κ3) is 7.83. The van der Waals surface area contributed by atoms with Crippen LogP contribution in [0.2, 0.25) is 0 Å². The number of rotatable bonds is 12. The van der Waals surface area contributed by atoms with Gasteiger partial charge in [-0.3, -0.25) is 4.79 Å². The van der Waals surface area contributed by atoms with Crippen molar-refractivity contribution in [2.45, 2.75) is 76.6 Å². The van der Waals surface area contributed by atoms with Crippen molar-refractivity contribution in [2.24, 2.45) is 23.7 Å². The highest BCUT2D eigenvalue weighted by Gasteiger charge is 2.43. The van der Waals surface area contributed by atoms with Gasteiger partial charge < -0.3 is 24.8 Å². The van der Waals surface area contributed by atoms with Crippen LogP contribution in [-0.2, 0) is 9.53 Å². The van der Waals surface area contributed by atoms with Crippen molar-refractivity contribution < 1.29 is 29.6 Å². The second kappa shape index (κ2) is 13.1. The average Bonchev–Trinajstić information content (AvgIpc) is 2.97. The Hall–Kier alpha value is -1.89. The van der Waals surface area contributed by atoms with Gasteiger partial charge in [0.2, 0.25) is 0 Å². The van der Waals surface area contributed by atoms with E-state index < -0.39 is 18.2 Å². The minimum absolute atomic E-state index is 0.0268. The fraction of sp³-hybridized carbons (Fsp3) is 0.667. The number of carboxylic acid groups (broad SMARTS) is 1. The molecule has 1 heterocycles. The van der Waals surface area contributed by atoms with E-state index in [-0.39, 0.29) is 30.5 Å². The van der Waals surface area contributed by atoms with Crippen molar-refractivity contribution >= 4 is 5.97 Å². The van der Waals surface area contributed by atoms with Gasteiger partial charge in [-0.1, -0.05) is 50.1 Å². The summed E-state index contributed by atoms with van der Waals surface area (Å²) in [4.78, 5) is 11.4. The smallest absolute Gasteiger partial charge is 0.306 e. The molecule has 1 aromatic rings. The van der Waals surface area contributed by atoms with E-state index in [1.807, 2.05) is 43.3 Å². The first-order chi connectivity index (χ1) is 16.0. The fourth-order valence-electron chi connectivity index (χ4n) is 5.35. The minimum atomic E-state index is -0.735. The summed E-state index contributed by atoms with van der Waals surface area (Å²) >= 11 is 0. The molecule has 1 aliphatic heterocycles. The highest BCUT2D eigenvalue weighted by atomic mass is 16.5. The molecule has 1 aliphatic carbocycles. The third-order valence-electron chi connectivity index (χ3n) is 7.22. The summed E-state index contributed by atoms with van der Waals surface area (Å²) in [5.41, 5.74) is 0. The Kier molecular flexibility index (Phi) is 10.2. The number of carboxylic acids is 1. The van der Waals surface area contributed by atoms with Crippen LogP contribution in [0.1, 0.15) is 58.3 Å². The Labute approximate surface area is 197 Å². The van der Waals surface area contributed by atoms with Gasteiger partial charge in [-0.15, -0.1) is 0 Å². The highest BCUT2D eigenvalue weighted by Crippen LogP contribution is 2.42. The lowest BCUT2D eigenvalue weighted by Gasteiger charge is -2.21. The van der Waals surface area contributed by atoms with Crippen molar-refractivity contribution in [2.75, 3.05) is 13.2 Å². The molecule has 1 saturated carbocycles. The summed E-state index contributed by atoms with van der Waals surface area (Å²) in [6.07, 6.45) is 9.46. The second-order valence-corrected chi connectivity index (χ2v) is 9.69. The molecule has 1 aromatic carbocycles. The summed E-state index contributed by atoms with van der Waals surface area (Å²) in [6.45, 7) is 2.89. The topological polar surface area (TPSA) is 96.2 Å². The number of carbonyl (C=O) groups is 1. The monoisotopic (exact) mass is 460 g/mol. The van der Waals surface area contributed by atoms with Gasteiger partial charge in [0.15, 0.2) is 0 Å². The van der Waals surface area contributed by atoms with Crippen LogP contribution in [0.5, 0.6) is 5.75 Å². The molecule has 6 nitrogen and oxygen atoms in total. The van der Waals surface area contributed by atoms with E-state index >= 15 is 0 Å². The fourth-order valence-corrected chi connectivity index (χ4v) is 5.35. The number of hydrogen-bond donors (Lipinski definition) is 3. The first-order valence-corrected chi connectivity index (χ1v) is 12.5. The Morgan fingerprint density at radius 3 is 2.76 bits per heavy atom. The van der Waals surface area contributed by atoms with E-state index in [4.69, 9.17) is 9.47 Å². The molecule has 2 unspecified atom stereocenters. The number of hydrogen-bond acceptors (Lipinski definition) is 5. The predicted octanol–water partition coefficient (Wildman–Crippen LogP) is 4.45. The number of aliphatic hydroxyl groups excluding tert-OH is 2. The van der Waals surface area contributed by atoms with Gasteiger partial charge in [0.1, 0.15) is 18.5 Å². The molecular formula is C27H40O6. The van der Waals surface area contributed by atoms with Crippen LogP contribution in [0.25, 0.3) is 0 Å². The number of para-hydroxylation sites is 1. The standard InChI is InChI=1S/C27H40O6/c1-2-7-20(27(30)31)9-6-8-19-12-14-24-23(25(29)16-26(24)33-17-19)15-13-21(28)18-32-22-10-4-3-5-11-22/h3-5,10-11,13,15,19-21,23-26,28-29H,2,6-9,12,14,16-18H2,1H3,(H,30,31)/b15-13+/t19?,20?,21-,23-,24-,25-,26+/m1/s1. The number of aliphatic hydroxyl groups is 2. The molecule has 7 atom stereocenters. The molecule has 1 saturated heterocycles. The van der Waals surface area contributed by atoms with Crippen LogP contribution in [-0.4, -0.2) is 52.8 Å². The summed E-state index contributed by atoms with van der Waals surface area (Å²) in [5, 5.41) is 30.3. The summed E-state index contributed by atoms with van der Waals surface area (Å²) in [5.74, 6) is 0.472. The van der Waals surface area contributed by atoms with E-state index in [9.17, 15) is 20.1 Å². The first kappa shape index (κ1) is 25.7. The third-order valence-corrected chi connectivity index (χ3v) is 7.22. The maximum absolute atomic E-state index is 11.4. The van der Waals surface area contributed by atoms with Crippen LogP contribution in [0.4, 0.5) is 0 Å². The SMILES string of the molecule is CCCC(CCCC1CC[C@@H]2[C@@H](/C=C/[C@@H](O)COc3ccccc3)[C@H](O)C[C@@H]2OC1)C(=O)O. The lowest BCUT2D eigenvalue weighted by Crippen LogP contribution is -2.22. The predicted molar refractivity (Wildman–Crippen MR) is 127 cm³/mol. The highest BCUT2D eigenvalue weighted by molar-refractivity contribution is 5.69. The summed E-state index contributed by atoms with van der Waals surface area (Å²) in [6, 6.07) is 9.40. The average molecular weight is 461 g/mol. The second-order valence-electron chi connectivity index (χ2n) is 9.69. The van der Waals surface area contributed by atoms with Crippen LogP contribution >= 0.6 is 0 Å². The Morgan fingerprint density at radius 1 is 1.24 bits per heavy atom. The van der Waals surface area contributed by atoms with Gasteiger partial charge >= 0.3 is 5.97 Å². The lowest BCUT2D eigenvalue weighted by molar-refractivity contribution is -0.142. The maximum atomic E-state index is 11.4. The minimum Gasteiger partial charge on any atom is -0.491 e. The van der Waals surface area contributed by atoms with E-state index in [0.29, 0.717) is 18.9 Å². The van der Waals surface area contributed by atoms with Gasteiger partial charge in [-0.2, -0.15) is 0 Å². The molecule has 184 valence electrons. The molecule has 6 heteroatoms. The van der Waals surface area contributed by atoms with Gasteiger partial charge in [0.25, 0.3) is 0 Å². The molecule has 0 spiro atoms.